The highest BCUT2D eigenvalue weighted by Gasteiger charge is 2.38. The lowest BCUT2D eigenvalue weighted by molar-refractivity contribution is 0.0696. The number of carboxylic acid groups (broad SMARTS) is 1. The fourth-order valence-electron chi connectivity index (χ4n) is 2.99. The fraction of sp³-hybridized carbons (Fsp3) is 0. The first-order valence-corrected chi connectivity index (χ1v) is 9.81. The minimum absolute atomic E-state index is 0.0381. The smallest absolute Gasteiger partial charge is 0.335 e. The monoisotopic (exact) mass is 408 g/mol. The maximum Gasteiger partial charge on any atom is 0.335 e. The summed E-state index contributed by atoms with van der Waals surface area (Å²) in [6.07, 6.45) is 1.44. The molecule has 1 aliphatic heterocycles. The van der Waals surface area contributed by atoms with Crippen molar-refractivity contribution in [2.24, 2.45) is 0 Å². The second-order valence-corrected chi connectivity index (χ2v) is 8.12. The predicted octanol–water partition coefficient (Wildman–Crippen LogP) is 2.41. The Balaban J connectivity index is 1.75. The molecule has 2 aromatic carbocycles. The number of carbonyl (C=O) groups is 3. The van der Waals surface area contributed by atoms with Crippen LogP contribution in [-0.2, 0) is 9.84 Å². The third-order valence-electron chi connectivity index (χ3n) is 4.46. The van der Waals surface area contributed by atoms with Crippen LogP contribution in [0.1, 0.15) is 31.1 Å². The topological polar surface area (TPSA) is 122 Å². The van der Waals surface area contributed by atoms with Crippen LogP contribution in [0.15, 0.2) is 76.7 Å². The molecule has 0 saturated carbocycles. The minimum Gasteiger partial charge on any atom is -0.478 e. The second-order valence-electron chi connectivity index (χ2n) is 6.17. The van der Waals surface area contributed by atoms with E-state index in [1.165, 1.54) is 48.7 Å². The summed E-state index contributed by atoms with van der Waals surface area (Å²) in [7, 11) is -4.02. The van der Waals surface area contributed by atoms with Gasteiger partial charge in [0.2, 0.25) is 9.84 Å². The van der Waals surface area contributed by atoms with Crippen LogP contribution in [0.3, 0.4) is 0 Å². The zero-order chi connectivity index (χ0) is 20.8. The number of nitrogens with zero attached hydrogens (tertiary/aromatic N) is 2. The molecule has 0 fully saturated rings. The Morgan fingerprint density at radius 2 is 1.52 bits per heavy atom. The van der Waals surface area contributed by atoms with Crippen LogP contribution >= 0.6 is 0 Å². The minimum atomic E-state index is -4.02. The summed E-state index contributed by atoms with van der Waals surface area (Å²) in [5.74, 6) is -2.28. The number of sulfone groups is 1. The predicted molar refractivity (Wildman–Crippen MR) is 101 cm³/mol. The van der Waals surface area contributed by atoms with Crippen molar-refractivity contribution in [2.45, 2.75) is 9.79 Å². The number of pyridine rings is 1. The Morgan fingerprint density at radius 1 is 0.862 bits per heavy atom. The van der Waals surface area contributed by atoms with E-state index in [0.717, 1.165) is 11.0 Å². The zero-order valence-corrected chi connectivity index (χ0v) is 15.5. The molecule has 2 amide bonds. The van der Waals surface area contributed by atoms with Crippen LogP contribution in [0.2, 0.25) is 0 Å². The van der Waals surface area contributed by atoms with Crippen molar-refractivity contribution >= 4 is 33.4 Å². The number of hydrogen-bond acceptors (Lipinski definition) is 6. The molecule has 2 heterocycles. The van der Waals surface area contributed by atoms with Crippen molar-refractivity contribution in [2.75, 3.05) is 4.90 Å². The number of carboxylic acids is 1. The standard InChI is InChI=1S/C20H12N2O6S/c23-18-15-9-8-14(29(27,28)13-6-4-12(5-7-13)20(25)26)11-16(15)19(24)22(18)17-3-1-2-10-21-17/h1-11H,(H,25,26). The molecule has 0 unspecified atom stereocenters. The lowest BCUT2D eigenvalue weighted by Gasteiger charge is -2.11. The summed E-state index contributed by atoms with van der Waals surface area (Å²) in [5, 5.41) is 8.95. The molecule has 1 aliphatic rings. The van der Waals surface area contributed by atoms with Gasteiger partial charge in [0.25, 0.3) is 11.8 Å². The summed E-state index contributed by atoms with van der Waals surface area (Å²) >= 11 is 0. The van der Waals surface area contributed by atoms with E-state index in [9.17, 15) is 22.8 Å². The number of amides is 2. The lowest BCUT2D eigenvalue weighted by Crippen LogP contribution is -2.30. The molecular formula is C20H12N2O6S. The molecule has 1 aromatic heterocycles. The average molecular weight is 408 g/mol. The average Bonchev–Trinajstić information content (AvgIpc) is 2.98. The van der Waals surface area contributed by atoms with Crippen LogP contribution in [-0.4, -0.2) is 36.3 Å². The van der Waals surface area contributed by atoms with Crippen molar-refractivity contribution < 1.29 is 27.9 Å². The van der Waals surface area contributed by atoms with Crippen molar-refractivity contribution in [1.29, 1.82) is 0 Å². The molecule has 0 radical (unpaired) electrons. The molecular weight excluding hydrogens is 396 g/mol. The van der Waals surface area contributed by atoms with Gasteiger partial charge in [-0.1, -0.05) is 6.07 Å². The van der Waals surface area contributed by atoms with Gasteiger partial charge in [-0.15, -0.1) is 0 Å². The second kappa shape index (κ2) is 6.64. The highest BCUT2D eigenvalue weighted by Crippen LogP contribution is 2.30. The number of rotatable bonds is 4. The zero-order valence-electron chi connectivity index (χ0n) is 14.6. The summed E-state index contributed by atoms with van der Waals surface area (Å²) in [6.45, 7) is 0. The van der Waals surface area contributed by atoms with Crippen LogP contribution < -0.4 is 4.90 Å². The SMILES string of the molecule is O=C(O)c1ccc(S(=O)(=O)c2ccc3c(c2)C(=O)N(c2ccccn2)C3=O)cc1. The lowest BCUT2D eigenvalue weighted by atomic mass is 10.1. The molecule has 0 bridgehead atoms. The summed E-state index contributed by atoms with van der Waals surface area (Å²) in [5.41, 5.74) is -0.00519. The van der Waals surface area contributed by atoms with Gasteiger partial charge in [0.15, 0.2) is 0 Å². The Morgan fingerprint density at radius 3 is 2.14 bits per heavy atom. The first-order chi connectivity index (χ1) is 13.8. The van der Waals surface area contributed by atoms with Crippen molar-refractivity contribution in [1.82, 2.24) is 4.98 Å². The van der Waals surface area contributed by atoms with Gasteiger partial charge < -0.3 is 5.11 Å². The molecule has 0 atom stereocenters. The van der Waals surface area contributed by atoms with Crippen molar-refractivity contribution in [3.05, 3.63) is 83.6 Å². The molecule has 1 N–H and O–H groups in total. The normalized spacial score (nSPS) is 13.4. The number of carbonyl (C=O) groups excluding carboxylic acids is 2. The molecule has 29 heavy (non-hydrogen) atoms. The molecule has 9 heteroatoms. The van der Waals surface area contributed by atoms with E-state index in [-0.39, 0.29) is 32.3 Å². The van der Waals surface area contributed by atoms with Crippen LogP contribution in [0, 0.1) is 0 Å². The quantitative estimate of drug-likeness (QED) is 0.658. The Labute approximate surface area is 165 Å². The largest absolute Gasteiger partial charge is 0.478 e. The number of benzene rings is 2. The third kappa shape index (κ3) is 2.97. The molecule has 3 aromatic rings. The first kappa shape index (κ1) is 18.5. The van der Waals surface area contributed by atoms with Gasteiger partial charge in [-0.2, -0.15) is 0 Å². The molecule has 144 valence electrons. The Hall–Kier alpha value is -3.85. The molecule has 8 nitrogen and oxygen atoms in total. The Kier molecular flexibility index (Phi) is 4.24. The summed E-state index contributed by atoms with van der Waals surface area (Å²) in [4.78, 5) is 40.9. The molecule has 4 rings (SSSR count). The van der Waals surface area contributed by atoms with E-state index in [0.29, 0.717) is 0 Å². The maximum absolute atomic E-state index is 12.9. The van der Waals surface area contributed by atoms with E-state index in [2.05, 4.69) is 4.98 Å². The fourth-order valence-corrected chi connectivity index (χ4v) is 4.28. The van der Waals surface area contributed by atoms with Gasteiger partial charge >= 0.3 is 5.97 Å². The number of fused-ring (bicyclic) bond motifs is 1. The summed E-state index contributed by atoms with van der Waals surface area (Å²) < 4.78 is 25.8. The van der Waals surface area contributed by atoms with Gasteiger partial charge in [0.05, 0.1) is 26.5 Å². The number of anilines is 1. The molecule has 0 spiro atoms. The van der Waals surface area contributed by atoms with Gasteiger partial charge in [-0.05, 0) is 54.6 Å². The third-order valence-corrected chi connectivity index (χ3v) is 6.23. The van der Waals surface area contributed by atoms with Gasteiger partial charge in [-0.25, -0.2) is 23.1 Å². The van der Waals surface area contributed by atoms with Crippen molar-refractivity contribution in [3.63, 3.8) is 0 Å². The summed E-state index contributed by atoms with van der Waals surface area (Å²) in [6, 6.07) is 13.2. The van der Waals surface area contributed by atoms with E-state index in [4.69, 9.17) is 5.11 Å². The van der Waals surface area contributed by atoms with Gasteiger partial charge in [-0.3, -0.25) is 9.59 Å². The highest BCUT2D eigenvalue weighted by atomic mass is 32.2. The maximum atomic E-state index is 12.9. The Bertz CT molecular complexity index is 1270. The first-order valence-electron chi connectivity index (χ1n) is 8.33. The van der Waals surface area contributed by atoms with Crippen LogP contribution in [0.25, 0.3) is 0 Å². The van der Waals surface area contributed by atoms with Gasteiger partial charge in [0, 0.05) is 6.20 Å². The molecule has 0 aliphatic carbocycles. The number of aromatic nitrogens is 1. The van der Waals surface area contributed by atoms with Gasteiger partial charge in [0.1, 0.15) is 5.82 Å². The number of imide groups is 1. The van der Waals surface area contributed by atoms with E-state index in [1.807, 2.05) is 0 Å². The molecule has 0 saturated heterocycles. The van der Waals surface area contributed by atoms with E-state index in [1.54, 1.807) is 12.1 Å². The number of aromatic carboxylic acids is 1. The number of hydrogen-bond donors (Lipinski definition) is 1. The van der Waals surface area contributed by atoms with Crippen LogP contribution in [0.5, 0.6) is 0 Å². The van der Waals surface area contributed by atoms with Crippen molar-refractivity contribution in [3.8, 4) is 0 Å². The van der Waals surface area contributed by atoms with E-state index >= 15 is 0 Å². The van der Waals surface area contributed by atoms with E-state index < -0.39 is 27.6 Å². The van der Waals surface area contributed by atoms with Crippen LogP contribution in [0.4, 0.5) is 5.82 Å². The highest BCUT2D eigenvalue weighted by molar-refractivity contribution is 7.91.